The van der Waals surface area contributed by atoms with E-state index in [9.17, 15) is 4.79 Å². The normalized spacial score (nSPS) is 30.8. The van der Waals surface area contributed by atoms with Gasteiger partial charge in [-0.25, -0.2) is 0 Å². The molecule has 74 valence electrons. The lowest BCUT2D eigenvalue weighted by atomic mass is 10.0. The monoisotopic (exact) mass is 203 g/mol. The average molecular weight is 203 g/mol. The number of rotatable bonds is 2. The molecule has 4 nitrogen and oxygen atoms in total. The zero-order valence-electron chi connectivity index (χ0n) is 7.69. The maximum Gasteiger partial charge on any atom is 0.315 e. The van der Waals surface area contributed by atoms with Crippen LogP contribution in [-0.2, 0) is 9.53 Å². The van der Waals surface area contributed by atoms with Crippen LogP contribution in [0.15, 0.2) is 5.16 Å². The number of carbonyl (C=O) groups is 1. The van der Waals surface area contributed by atoms with Gasteiger partial charge >= 0.3 is 5.97 Å². The van der Waals surface area contributed by atoms with Gasteiger partial charge in [0, 0.05) is 11.0 Å². The second kappa shape index (κ2) is 4.50. The Morgan fingerprint density at radius 2 is 2.54 bits per heavy atom. The lowest BCUT2D eigenvalue weighted by Crippen LogP contribution is -2.28. The summed E-state index contributed by atoms with van der Waals surface area (Å²) in [6.07, 6.45) is 0. The fourth-order valence-electron chi connectivity index (χ4n) is 1.32. The molecule has 2 unspecified atom stereocenters. The third-order valence-electron chi connectivity index (χ3n) is 1.99. The Morgan fingerprint density at radius 1 is 1.85 bits per heavy atom. The first kappa shape index (κ1) is 10.4. The number of esters is 1. The third kappa shape index (κ3) is 2.15. The predicted molar refractivity (Wildman–Crippen MR) is 51.3 cm³/mol. The Kier molecular flexibility index (Phi) is 3.59. The summed E-state index contributed by atoms with van der Waals surface area (Å²) in [7, 11) is 0. The Balaban J connectivity index is 2.69. The molecule has 0 spiro atoms. The molecule has 0 radical (unpaired) electrons. The van der Waals surface area contributed by atoms with E-state index in [2.05, 4.69) is 5.16 Å². The zero-order valence-corrected chi connectivity index (χ0v) is 8.50. The van der Waals surface area contributed by atoms with Crippen LogP contribution < -0.4 is 0 Å². The number of nitrogens with zero attached hydrogens (tertiary/aromatic N) is 1. The molecule has 1 saturated heterocycles. The first-order chi connectivity index (χ1) is 6.20. The van der Waals surface area contributed by atoms with Crippen LogP contribution in [0.3, 0.4) is 0 Å². The van der Waals surface area contributed by atoms with Crippen molar-refractivity contribution in [2.24, 2.45) is 11.1 Å². The Morgan fingerprint density at radius 3 is 3.08 bits per heavy atom. The van der Waals surface area contributed by atoms with Crippen molar-refractivity contribution in [3.63, 3.8) is 0 Å². The molecular formula is C8H13NO3S. The standard InChI is InChI=1S/C8H13NO3S/c1-3-12-8(10)7-5(2)13-4-6(7)9-11/h5,7,11H,3-4H2,1-2H3. The highest BCUT2D eigenvalue weighted by Gasteiger charge is 2.37. The van der Waals surface area contributed by atoms with Crippen LogP contribution in [-0.4, -0.2) is 34.5 Å². The molecule has 0 aromatic heterocycles. The summed E-state index contributed by atoms with van der Waals surface area (Å²) < 4.78 is 4.88. The van der Waals surface area contributed by atoms with Gasteiger partial charge in [-0.1, -0.05) is 12.1 Å². The van der Waals surface area contributed by atoms with E-state index in [1.807, 2.05) is 6.92 Å². The minimum Gasteiger partial charge on any atom is -0.465 e. The first-order valence-corrected chi connectivity index (χ1v) is 5.24. The molecule has 2 atom stereocenters. The molecule has 1 aliphatic rings. The van der Waals surface area contributed by atoms with E-state index in [4.69, 9.17) is 9.94 Å². The maximum atomic E-state index is 11.4. The first-order valence-electron chi connectivity index (χ1n) is 4.19. The Bertz CT molecular complexity index is 229. The van der Waals surface area contributed by atoms with E-state index in [-0.39, 0.29) is 17.1 Å². The molecule has 1 N–H and O–H groups in total. The summed E-state index contributed by atoms with van der Waals surface area (Å²) >= 11 is 1.60. The Labute approximate surface area is 81.3 Å². The lowest BCUT2D eigenvalue weighted by Gasteiger charge is -2.12. The molecule has 1 heterocycles. The topological polar surface area (TPSA) is 58.9 Å². The number of carbonyl (C=O) groups excluding carboxylic acids is 1. The molecule has 0 aromatic rings. The van der Waals surface area contributed by atoms with Crippen molar-refractivity contribution in [3.8, 4) is 0 Å². The second-order valence-electron chi connectivity index (χ2n) is 2.84. The summed E-state index contributed by atoms with van der Waals surface area (Å²) in [5.74, 6) is -0.0380. The fraction of sp³-hybridized carbons (Fsp3) is 0.750. The van der Waals surface area contributed by atoms with E-state index in [1.165, 1.54) is 0 Å². The van der Waals surface area contributed by atoms with E-state index < -0.39 is 0 Å². The highest BCUT2D eigenvalue weighted by Crippen LogP contribution is 2.30. The van der Waals surface area contributed by atoms with Gasteiger partial charge in [-0.2, -0.15) is 11.8 Å². The number of oxime groups is 1. The van der Waals surface area contributed by atoms with E-state index in [1.54, 1.807) is 18.7 Å². The van der Waals surface area contributed by atoms with Gasteiger partial charge < -0.3 is 9.94 Å². The molecule has 0 saturated carbocycles. The number of thioether (sulfide) groups is 1. The molecule has 0 aliphatic carbocycles. The highest BCUT2D eigenvalue weighted by molar-refractivity contribution is 8.01. The minimum absolute atomic E-state index is 0.143. The predicted octanol–water partition coefficient (Wildman–Crippen LogP) is 1.13. The minimum atomic E-state index is -0.366. The van der Waals surface area contributed by atoms with Crippen LogP contribution in [0.5, 0.6) is 0 Å². The Hall–Kier alpha value is -0.710. The number of ether oxygens (including phenoxy) is 1. The van der Waals surface area contributed by atoms with Crippen molar-refractivity contribution >= 4 is 23.4 Å². The van der Waals surface area contributed by atoms with Crippen molar-refractivity contribution in [3.05, 3.63) is 0 Å². The molecule has 0 aromatic carbocycles. The SMILES string of the molecule is CCOC(=O)C1C(=NO)CSC1C. The number of hydrogen-bond donors (Lipinski definition) is 1. The van der Waals surface area contributed by atoms with Gasteiger partial charge in [-0.3, -0.25) is 4.79 Å². The molecule has 1 fully saturated rings. The van der Waals surface area contributed by atoms with Gasteiger partial charge in [0.15, 0.2) is 0 Å². The van der Waals surface area contributed by atoms with Crippen molar-refractivity contribution in [1.82, 2.24) is 0 Å². The summed E-state index contributed by atoms with van der Waals surface area (Å²) in [6.45, 7) is 4.07. The lowest BCUT2D eigenvalue weighted by molar-refractivity contribution is -0.145. The van der Waals surface area contributed by atoms with Gasteiger partial charge in [-0.05, 0) is 6.92 Å². The van der Waals surface area contributed by atoms with Gasteiger partial charge in [0.2, 0.25) is 0 Å². The third-order valence-corrected chi connectivity index (χ3v) is 3.25. The molecule has 1 rings (SSSR count). The van der Waals surface area contributed by atoms with Crippen molar-refractivity contribution in [2.45, 2.75) is 19.1 Å². The molecule has 5 heteroatoms. The molecular weight excluding hydrogens is 190 g/mol. The molecule has 1 aliphatic heterocycles. The van der Waals surface area contributed by atoms with Gasteiger partial charge in [-0.15, -0.1) is 0 Å². The highest BCUT2D eigenvalue weighted by atomic mass is 32.2. The summed E-state index contributed by atoms with van der Waals surface area (Å²) in [4.78, 5) is 11.4. The van der Waals surface area contributed by atoms with Crippen LogP contribution in [0, 0.1) is 5.92 Å². The molecule has 13 heavy (non-hydrogen) atoms. The summed E-state index contributed by atoms with van der Waals surface area (Å²) in [6, 6.07) is 0. The van der Waals surface area contributed by atoms with E-state index >= 15 is 0 Å². The van der Waals surface area contributed by atoms with Crippen molar-refractivity contribution in [2.75, 3.05) is 12.4 Å². The molecule has 0 bridgehead atoms. The van der Waals surface area contributed by atoms with Crippen LogP contribution in [0.25, 0.3) is 0 Å². The largest absolute Gasteiger partial charge is 0.465 e. The zero-order chi connectivity index (χ0) is 9.84. The van der Waals surface area contributed by atoms with Crippen molar-refractivity contribution in [1.29, 1.82) is 0 Å². The summed E-state index contributed by atoms with van der Waals surface area (Å²) in [5.41, 5.74) is 0.524. The summed E-state index contributed by atoms with van der Waals surface area (Å²) in [5, 5.41) is 11.9. The van der Waals surface area contributed by atoms with Gasteiger partial charge in [0.1, 0.15) is 5.92 Å². The second-order valence-corrected chi connectivity index (χ2v) is 4.20. The van der Waals surface area contributed by atoms with Crippen LogP contribution in [0.2, 0.25) is 0 Å². The van der Waals surface area contributed by atoms with Crippen LogP contribution in [0.1, 0.15) is 13.8 Å². The van der Waals surface area contributed by atoms with Gasteiger partial charge in [0.05, 0.1) is 12.3 Å². The quantitative estimate of drug-likeness (QED) is 0.415. The van der Waals surface area contributed by atoms with E-state index in [0.717, 1.165) is 0 Å². The number of hydrogen-bond acceptors (Lipinski definition) is 5. The van der Waals surface area contributed by atoms with Crippen LogP contribution >= 0.6 is 11.8 Å². The molecule has 0 amide bonds. The maximum absolute atomic E-state index is 11.4. The van der Waals surface area contributed by atoms with E-state index in [0.29, 0.717) is 18.1 Å². The van der Waals surface area contributed by atoms with Crippen molar-refractivity contribution < 1.29 is 14.7 Å². The van der Waals surface area contributed by atoms with Crippen LogP contribution in [0.4, 0.5) is 0 Å². The average Bonchev–Trinajstić information content (AvgIpc) is 2.47. The fourth-order valence-corrected chi connectivity index (χ4v) is 2.46. The smallest absolute Gasteiger partial charge is 0.315 e. The van der Waals surface area contributed by atoms with Gasteiger partial charge in [0.25, 0.3) is 0 Å².